The highest BCUT2D eigenvalue weighted by molar-refractivity contribution is 5.92. The van der Waals surface area contributed by atoms with Crippen molar-refractivity contribution in [2.75, 3.05) is 19.8 Å². The van der Waals surface area contributed by atoms with Gasteiger partial charge in [0.25, 0.3) is 5.91 Å². The van der Waals surface area contributed by atoms with Crippen molar-refractivity contribution in [3.05, 3.63) is 65.5 Å². The topological polar surface area (TPSA) is 64.4 Å². The average Bonchev–Trinajstić information content (AvgIpc) is 3.32. The molecule has 4 rings (SSSR count). The molecule has 1 unspecified atom stereocenters. The first-order chi connectivity index (χ1) is 12.3. The van der Waals surface area contributed by atoms with Gasteiger partial charge in [0, 0.05) is 31.6 Å². The minimum atomic E-state index is -0.195. The summed E-state index contributed by atoms with van der Waals surface area (Å²) < 4.78 is 10.7. The van der Waals surface area contributed by atoms with E-state index in [1.165, 1.54) is 10.8 Å². The van der Waals surface area contributed by atoms with Crippen molar-refractivity contribution >= 4 is 16.7 Å². The van der Waals surface area contributed by atoms with Crippen molar-refractivity contribution in [2.24, 2.45) is 5.92 Å². The molecule has 25 heavy (non-hydrogen) atoms. The van der Waals surface area contributed by atoms with Crippen LogP contribution in [0.1, 0.15) is 28.2 Å². The van der Waals surface area contributed by atoms with Crippen LogP contribution in [0.2, 0.25) is 0 Å². The van der Waals surface area contributed by atoms with E-state index in [1.807, 2.05) is 18.2 Å². The van der Waals surface area contributed by atoms with Gasteiger partial charge in [0.15, 0.2) is 5.69 Å². The molecule has 0 saturated carbocycles. The summed E-state index contributed by atoms with van der Waals surface area (Å²) in [6.45, 7) is 2.11. The number of carbonyl (C=O) groups is 1. The fourth-order valence-electron chi connectivity index (χ4n) is 3.21. The Kier molecular flexibility index (Phi) is 4.48. The van der Waals surface area contributed by atoms with Crippen LogP contribution in [0.25, 0.3) is 10.8 Å². The Bertz CT molecular complexity index is 876. The van der Waals surface area contributed by atoms with Crippen molar-refractivity contribution in [1.82, 2.24) is 10.5 Å². The van der Waals surface area contributed by atoms with Crippen LogP contribution in [0.15, 0.2) is 53.1 Å². The number of carbonyl (C=O) groups excluding carboxylic acids is 1. The van der Waals surface area contributed by atoms with Crippen molar-refractivity contribution in [1.29, 1.82) is 0 Å². The molecule has 1 aliphatic rings. The zero-order valence-corrected chi connectivity index (χ0v) is 13.9. The average molecular weight is 336 g/mol. The van der Waals surface area contributed by atoms with E-state index in [1.54, 1.807) is 6.07 Å². The Labute approximate surface area is 146 Å². The number of fused-ring (bicyclic) bond motifs is 1. The number of nitrogens with one attached hydrogen (secondary N) is 1. The number of rotatable bonds is 5. The van der Waals surface area contributed by atoms with Crippen LogP contribution >= 0.6 is 0 Å². The quantitative estimate of drug-likeness (QED) is 0.777. The third-order valence-electron chi connectivity index (χ3n) is 4.61. The normalized spacial score (nSPS) is 17.0. The number of benzene rings is 2. The van der Waals surface area contributed by atoms with Gasteiger partial charge in [0.1, 0.15) is 5.76 Å². The molecule has 3 aromatic rings. The second-order valence-electron chi connectivity index (χ2n) is 6.43. The van der Waals surface area contributed by atoms with E-state index in [-0.39, 0.29) is 5.91 Å². The number of ether oxygens (including phenoxy) is 1. The van der Waals surface area contributed by atoms with Gasteiger partial charge in [-0.05, 0) is 22.8 Å². The maximum Gasteiger partial charge on any atom is 0.273 e. The molecule has 1 N–H and O–H groups in total. The number of aromatic nitrogens is 1. The summed E-state index contributed by atoms with van der Waals surface area (Å²) in [4.78, 5) is 12.2. The summed E-state index contributed by atoms with van der Waals surface area (Å²) in [6.07, 6.45) is 1.60. The fraction of sp³-hybridized carbons (Fsp3) is 0.300. The third kappa shape index (κ3) is 3.56. The van der Waals surface area contributed by atoms with Crippen molar-refractivity contribution in [3.63, 3.8) is 0 Å². The molecule has 5 heteroatoms. The minimum absolute atomic E-state index is 0.195. The van der Waals surface area contributed by atoms with Gasteiger partial charge in [0.2, 0.25) is 0 Å². The van der Waals surface area contributed by atoms with Gasteiger partial charge in [-0.3, -0.25) is 4.79 Å². The smallest absolute Gasteiger partial charge is 0.273 e. The Hall–Kier alpha value is -2.66. The van der Waals surface area contributed by atoms with E-state index >= 15 is 0 Å². The molecule has 1 atom stereocenters. The van der Waals surface area contributed by atoms with Crippen molar-refractivity contribution in [2.45, 2.75) is 12.8 Å². The fourth-order valence-corrected chi connectivity index (χ4v) is 3.21. The van der Waals surface area contributed by atoms with E-state index in [4.69, 9.17) is 9.26 Å². The van der Waals surface area contributed by atoms with Gasteiger partial charge >= 0.3 is 0 Å². The second kappa shape index (κ2) is 7.07. The van der Waals surface area contributed by atoms with E-state index in [0.29, 0.717) is 36.9 Å². The van der Waals surface area contributed by atoms with Crippen LogP contribution < -0.4 is 5.32 Å². The van der Waals surface area contributed by atoms with E-state index in [2.05, 4.69) is 34.7 Å². The summed E-state index contributed by atoms with van der Waals surface area (Å²) >= 11 is 0. The van der Waals surface area contributed by atoms with Gasteiger partial charge in [-0.25, -0.2) is 0 Å². The highest BCUT2D eigenvalue weighted by Gasteiger charge is 2.18. The number of hydrogen-bond acceptors (Lipinski definition) is 4. The van der Waals surface area contributed by atoms with E-state index in [0.717, 1.165) is 18.6 Å². The van der Waals surface area contributed by atoms with Gasteiger partial charge in [-0.1, -0.05) is 47.6 Å². The predicted octanol–water partition coefficient (Wildman–Crippen LogP) is 3.18. The van der Waals surface area contributed by atoms with Crippen molar-refractivity contribution < 1.29 is 14.1 Å². The maximum absolute atomic E-state index is 12.2. The van der Waals surface area contributed by atoms with Crippen LogP contribution in [-0.2, 0) is 11.2 Å². The second-order valence-corrected chi connectivity index (χ2v) is 6.43. The molecular formula is C20H20N2O3. The van der Waals surface area contributed by atoms with Gasteiger partial charge in [-0.15, -0.1) is 0 Å². The van der Waals surface area contributed by atoms with Gasteiger partial charge in [0.05, 0.1) is 6.61 Å². The molecule has 0 spiro atoms. The first-order valence-electron chi connectivity index (χ1n) is 8.58. The summed E-state index contributed by atoms with van der Waals surface area (Å²) in [5.41, 5.74) is 1.48. The Morgan fingerprint density at radius 1 is 1.20 bits per heavy atom. The highest BCUT2D eigenvalue weighted by atomic mass is 16.5. The molecule has 0 bridgehead atoms. The lowest BCUT2D eigenvalue weighted by Gasteiger charge is -2.07. The number of hydrogen-bond donors (Lipinski definition) is 1. The number of amides is 1. The number of nitrogens with zero attached hydrogens (tertiary/aromatic N) is 1. The van der Waals surface area contributed by atoms with E-state index in [9.17, 15) is 4.79 Å². The Morgan fingerprint density at radius 2 is 2.08 bits per heavy atom. The molecule has 2 aromatic carbocycles. The Balaban J connectivity index is 1.44. The van der Waals surface area contributed by atoms with E-state index < -0.39 is 0 Å². The van der Waals surface area contributed by atoms with Crippen LogP contribution in [-0.4, -0.2) is 30.8 Å². The standard InChI is InChI=1S/C20H20N2O3/c23-20(21-12-14-8-9-24-13-14)19-11-17(25-22-19)10-16-6-3-5-15-4-1-2-7-18(15)16/h1-7,11,14H,8-10,12-13H2,(H,21,23). The van der Waals surface area contributed by atoms with Gasteiger partial charge < -0.3 is 14.6 Å². The van der Waals surface area contributed by atoms with Gasteiger partial charge in [-0.2, -0.15) is 0 Å². The third-order valence-corrected chi connectivity index (χ3v) is 4.61. The zero-order valence-electron chi connectivity index (χ0n) is 13.9. The molecule has 1 saturated heterocycles. The summed E-state index contributed by atoms with van der Waals surface area (Å²) in [5.74, 6) is 0.886. The lowest BCUT2D eigenvalue weighted by molar-refractivity contribution is 0.0936. The van der Waals surface area contributed by atoms with Crippen LogP contribution in [0.3, 0.4) is 0 Å². The molecule has 0 aliphatic carbocycles. The summed E-state index contributed by atoms with van der Waals surface area (Å²) in [6, 6.07) is 16.2. The summed E-state index contributed by atoms with van der Waals surface area (Å²) in [7, 11) is 0. The lowest BCUT2D eigenvalue weighted by atomic mass is 10.0. The monoisotopic (exact) mass is 336 g/mol. The van der Waals surface area contributed by atoms with Crippen LogP contribution in [0, 0.1) is 5.92 Å². The zero-order chi connectivity index (χ0) is 17.1. The lowest BCUT2D eigenvalue weighted by Crippen LogP contribution is -2.29. The Morgan fingerprint density at radius 3 is 2.96 bits per heavy atom. The molecular weight excluding hydrogens is 316 g/mol. The van der Waals surface area contributed by atoms with Crippen molar-refractivity contribution in [3.8, 4) is 0 Å². The molecule has 1 aliphatic heterocycles. The highest BCUT2D eigenvalue weighted by Crippen LogP contribution is 2.21. The van der Waals surface area contributed by atoms with Crippen LogP contribution in [0.5, 0.6) is 0 Å². The first-order valence-corrected chi connectivity index (χ1v) is 8.58. The summed E-state index contributed by atoms with van der Waals surface area (Å²) in [5, 5.41) is 9.21. The maximum atomic E-state index is 12.2. The molecule has 0 radical (unpaired) electrons. The molecule has 1 aromatic heterocycles. The molecule has 1 fully saturated rings. The predicted molar refractivity (Wildman–Crippen MR) is 94.5 cm³/mol. The molecule has 128 valence electrons. The SMILES string of the molecule is O=C(NCC1CCOC1)c1cc(Cc2cccc3ccccc23)on1. The molecule has 2 heterocycles. The first kappa shape index (κ1) is 15.8. The molecule has 1 amide bonds. The van der Waals surface area contributed by atoms with Crippen LogP contribution in [0.4, 0.5) is 0 Å². The molecule has 5 nitrogen and oxygen atoms in total. The minimum Gasteiger partial charge on any atom is -0.381 e. The largest absolute Gasteiger partial charge is 0.381 e.